The van der Waals surface area contributed by atoms with Crippen molar-refractivity contribution in [2.24, 2.45) is 0 Å². The molecule has 8 heteroatoms. The van der Waals surface area contributed by atoms with Crippen LogP contribution in [0.25, 0.3) is 0 Å². The Morgan fingerprint density at radius 3 is 2.66 bits per heavy atom. The van der Waals surface area contributed by atoms with E-state index in [0.717, 1.165) is 11.4 Å². The number of amides is 2. The topological polar surface area (TPSA) is 97.6 Å². The zero-order valence-corrected chi connectivity index (χ0v) is 15.9. The normalized spacial score (nSPS) is 16.1. The third-order valence-electron chi connectivity index (χ3n) is 4.63. The van der Waals surface area contributed by atoms with Crippen LogP contribution in [0.4, 0.5) is 11.7 Å². The number of anilines is 2. The van der Waals surface area contributed by atoms with Crippen LogP contribution in [0, 0.1) is 0 Å². The Kier molecular flexibility index (Phi) is 5.24. The fraction of sp³-hybridized carbons (Fsp3) is 0.238. The van der Waals surface area contributed by atoms with E-state index < -0.39 is 0 Å². The molecule has 1 aliphatic rings. The van der Waals surface area contributed by atoms with E-state index in [0.29, 0.717) is 24.6 Å². The van der Waals surface area contributed by atoms with Gasteiger partial charge in [0.25, 0.3) is 5.91 Å². The Morgan fingerprint density at radius 2 is 1.93 bits per heavy atom. The molecule has 0 spiro atoms. The van der Waals surface area contributed by atoms with Gasteiger partial charge >= 0.3 is 6.01 Å². The van der Waals surface area contributed by atoms with Gasteiger partial charge in [0.05, 0.1) is 12.5 Å². The predicted molar refractivity (Wildman–Crippen MR) is 106 cm³/mol. The van der Waals surface area contributed by atoms with Crippen LogP contribution in [-0.2, 0) is 4.79 Å². The molecule has 2 aromatic carbocycles. The maximum absolute atomic E-state index is 12.5. The number of carbonyl (C=O) groups is 2. The summed E-state index contributed by atoms with van der Waals surface area (Å²) in [4.78, 5) is 26.4. The molecule has 148 valence electrons. The molecular weight excluding hydrogens is 372 g/mol. The van der Waals surface area contributed by atoms with Crippen molar-refractivity contribution in [3.8, 4) is 5.75 Å². The van der Waals surface area contributed by atoms with E-state index in [-0.39, 0.29) is 30.2 Å². The van der Waals surface area contributed by atoms with Gasteiger partial charge in [0.2, 0.25) is 11.8 Å². The van der Waals surface area contributed by atoms with Gasteiger partial charge < -0.3 is 14.1 Å². The Labute approximate surface area is 167 Å². The molecular formula is C21H20N4O4. The van der Waals surface area contributed by atoms with E-state index in [2.05, 4.69) is 15.5 Å². The number of aromatic nitrogens is 2. The van der Waals surface area contributed by atoms with Crippen LogP contribution in [0.3, 0.4) is 0 Å². The Hall–Kier alpha value is -3.68. The summed E-state index contributed by atoms with van der Waals surface area (Å²) < 4.78 is 11.0. The van der Waals surface area contributed by atoms with Crippen molar-refractivity contribution in [2.75, 3.05) is 23.4 Å². The maximum atomic E-state index is 12.5. The molecule has 1 aromatic heterocycles. The van der Waals surface area contributed by atoms with Crippen molar-refractivity contribution in [1.82, 2.24) is 10.2 Å². The molecule has 1 fully saturated rings. The zero-order chi connectivity index (χ0) is 20.2. The van der Waals surface area contributed by atoms with Crippen LogP contribution >= 0.6 is 0 Å². The van der Waals surface area contributed by atoms with Gasteiger partial charge in [-0.1, -0.05) is 23.3 Å². The molecule has 0 bridgehead atoms. The molecule has 0 radical (unpaired) electrons. The number of benzene rings is 2. The summed E-state index contributed by atoms with van der Waals surface area (Å²) in [6.45, 7) is 2.94. The van der Waals surface area contributed by atoms with Crippen LogP contribution in [0.1, 0.15) is 35.5 Å². The Morgan fingerprint density at radius 1 is 1.17 bits per heavy atom. The average Bonchev–Trinajstić information content (AvgIpc) is 3.36. The van der Waals surface area contributed by atoms with Gasteiger partial charge in [-0.2, -0.15) is 0 Å². The van der Waals surface area contributed by atoms with E-state index in [1.165, 1.54) is 0 Å². The predicted octanol–water partition coefficient (Wildman–Crippen LogP) is 3.24. The smallest absolute Gasteiger partial charge is 0.322 e. The molecule has 0 saturated carbocycles. The van der Waals surface area contributed by atoms with Gasteiger partial charge in [0.15, 0.2) is 0 Å². The molecule has 2 heterocycles. The first-order valence-corrected chi connectivity index (χ1v) is 9.37. The van der Waals surface area contributed by atoms with E-state index in [4.69, 9.17) is 9.15 Å². The first-order valence-electron chi connectivity index (χ1n) is 9.37. The third-order valence-corrected chi connectivity index (χ3v) is 4.63. The number of hydrogen-bond acceptors (Lipinski definition) is 6. The number of ether oxygens (including phenoxy) is 1. The minimum Gasteiger partial charge on any atom is -0.494 e. The lowest BCUT2D eigenvalue weighted by Crippen LogP contribution is -2.24. The molecule has 2 amide bonds. The molecule has 1 atom stereocenters. The maximum Gasteiger partial charge on any atom is 0.322 e. The van der Waals surface area contributed by atoms with Crippen molar-refractivity contribution in [1.29, 1.82) is 0 Å². The molecule has 8 nitrogen and oxygen atoms in total. The number of nitrogens with zero attached hydrogens (tertiary/aromatic N) is 3. The monoisotopic (exact) mass is 392 g/mol. The van der Waals surface area contributed by atoms with E-state index >= 15 is 0 Å². The minimum absolute atomic E-state index is 0.0146. The molecule has 1 aliphatic heterocycles. The fourth-order valence-electron chi connectivity index (χ4n) is 3.22. The van der Waals surface area contributed by atoms with Gasteiger partial charge in [-0.05, 0) is 43.3 Å². The highest BCUT2D eigenvalue weighted by atomic mass is 16.5. The minimum atomic E-state index is -0.334. The van der Waals surface area contributed by atoms with Gasteiger partial charge in [0, 0.05) is 24.2 Å². The third kappa shape index (κ3) is 4.11. The number of hydrogen-bond donors (Lipinski definition) is 1. The van der Waals surface area contributed by atoms with Crippen molar-refractivity contribution >= 4 is 23.5 Å². The largest absolute Gasteiger partial charge is 0.494 e. The lowest BCUT2D eigenvalue weighted by atomic mass is 10.1. The Bertz CT molecular complexity index is 1000. The lowest BCUT2D eigenvalue weighted by Gasteiger charge is -2.16. The van der Waals surface area contributed by atoms with E-state index in [1.807, 2.05) is 37.3 Å². The van der Waals surface area contributed by atoms with Gasteiger partial charge in [-0.25, -0.2) is 0 Å². The summed E-state index contributed by atoms with van der Waals surface area (Å²) in [7, 11) is 0. The fourth-order valence-corrected chi connectivity index (χ4v) is 3.22. The van der Waals surface area contributed by atoms with E-state index in [1.54, 1.807) is 29.2 Å². The van der Waals surface area contributed by atoms with Crippen LogP contribution < -0.4 is 15.0 Å². The van der Waals surface area contributed by atoms with Gasteiger partial charge in [-0.15, -0.1) is 5.10 Å². The SMILES string of the molecule is CCOc1ccc(N2CC(c3nnc(NC(=O)c4ccccc4)o3)CC2=O)cc1. The number of carbonyl (C=O) groups excluding carboxylic acids is 2. The number of nitrogens with one attached hydrogen (secondary N) is 1. The molecule has 1 unspecified atom stereocenters. The first-order chi connectivity index (χ1) is 14.1. The summed E-state index contributed by atoms with van der Waals surface area (Å²) in [6, 6.07) is 16.1. The second-order valence-electron chi connectivity index (χ2n) is 6.60. The van der Waals surface area contributed by atoms with Crippen LogP contribution in [0.15, 0.2) is 59.0 Å². The summed E-state index contributed by atoms with van der Waals surface area (Å²) in [5, 5.41) is 10.5. The van der Waals surface area contributed by atoms with Crippen LogP contribution in [-0.4, -0.2) is 35.2 Å². The van der Waals surface area contributed by atoms with Crippen LogP contribution in [0.2, 0.25) is 0 Å². The summed E-state index contributed by atoms with van der Waals surface area (Å²) in [5.74, 6) is 0.501. The van der Waals surface area contributed by atoms with Gasteiger partial charge in [-0.3, -0.25) is 14.9 Å². The van der Waals surface area contributed by atoms with Crippen molar-refractivity contribution in [2.45, 2.75) is 19.3 Å². The standard InChI is InChI=1S/C21H20N4O4/c1-2-28-17-10-8-16(9-11-17)25-13-15(12-18(25)26)20-23-24-21(29-20)22-19(27)14-6-4-3-5-7-14/h3-11,15H,2,12-13H2,1H3,(H,22,24,27). The van der Waals surface area contributed by atoms with Crippen molar-refractivity contribution in [3.63, 3.8) is 0 Å². The quantitative estimate of drug-likeness (QED) is 0.692. The zero-order valence-electron chi connectivity index (χ0n) is 15.9. The Balaban J connectivity index is 1.42. The summed E-state index contributed by atoms with van der Waals surface area (Å²) in [6.07, 6.45) is 0.265. The molecule has 1 saturated heterocycles. The second-order valence-corrected chi connectivity index (χ2v) is 6.60. The average molecular weight is 392 g/mol. The van der Waals surface area contributed by atoms with Crippen molar-refractivity contribution in [3.05, 3.63) is 66.1 Å². The summed E-state index contributed by atoms with van der Waals surface area (Å²) in [5.41, 5.74) is 1.28. The first kappa shape index (κ1) is 18.7. The molecule has 4 rings (SSSR count). The lowest BCUT2D eigenvalue weighted by molar-refractivity contribution is -0.117. The molecule has 29 heavy (non-hydrogen) atoms. The van der Waals surface area contributed by atoms with Crippen molar-refractivity contribution < 1.29 is 18.7 Å². The second kappa shape index (κ2) is 8.14. The molecule has 0 aliphatic carbocycles. The highest BCUT2D eigenvalue weighted by molar-refractivity contribution is 6.03. The number of rotatable bonds is 6. The summed E-state index contributed by atoms with van der Waals surface area (Å²) >= 11 is 0. The van der Waals surface area contributed by atoms with Gasteiger partial charge in [0.1, 0.15) is 5.75 Å². The highest BCUT2D eigenvalue weighted by Crippen LogP contribution is 2.32. The highest BCUT2D eigenvalue weighted by Gasteiger charge is 2.35. The molecule has 1 N–H and O–H groups in total. The van der Waals surface area contributed by atoms with Crippen LogP contribution in [0.5, 0.6) is 5.75 Å². The van der Waals surface area contributed by atoms with E-state index in [9.17, 15) is 9.59 Å². The molecule has 3 aromatic rings.